The molecule has 722 valence electrons. The molecule has 0 aromatic heterocycles. The smallest absolute Gasteiger partial charge is 0.0701 e. The molecule has 4 aromatic carbocycles. The van der Waals surface area contributed by atoms with Crippen LogP contribution in [0.15, 0.2) is 84.9 Å². The Labute approximate surface area is 756 Å². The maximum absolute atomic E-state index is 10.4. The Morgan fingerprint density at radius 1 is 0.213 bits per heavy atom. The fraction of sp³-hybridized carbons (Fsp3) is 0.705. The normalized spacial score (nSPS) is 12.1. The number of ether oxygens (including phenoxy) is 28. The van der Waals surface area contributed by atoms with Gasteiger partial charge in [-0.25, -0.2) is 0 Å². The van der Waals surface area contributed by atoms with Crippen molar-refractivity contribution < 1.29 is 143 Å². The topological polar surface area (TPSA) is 305 Å². The Hall–Kier alpha value is -5.60. The minimum atomic E-state index is -0.498. The molecule has 1 aliphatic carbocycles. The predicted octanol–water partition coefficient (Wildman–Crippen LogP) is 6.89. The van der Waals surface area contributed by atoms with Gasteiger partial charge in [0, 0.05) is 107 Å². The van der Waals surface area contributed by atoms with Gasteiger partial charge in [-0.15, -0.1) is 0 Å². The summed E-state index contributed by atoms with van der Waals surface area (Å²) in [6, 6.07) is 29.4. The van der Waals surface area contributed by atoms with Gasteiger partial charge in [0.2, 0.25) is 0 Å². The number of rotatable bonds is 92. The maximum atomic E-state index is 10.4. The van der Waals surface area contributed by atoms with E-state index in [1.807, 2.05) is 24.3 Å². The van der Waals surface area contributed by atoms with Gasteiger partial charge in [-0.3, -0.25) is 0 Å². The first kappa shape index (κ1) is 112. The Kier molecular flexibility index (Phi) is 72.5. The van der Waals surface area contributed by atoms with Crippen molar-refractivity contribution in [3.8, 4) is 34.8 Å². The quantitative estimate of drug-likeness (QED) is 0.0335. The lowest BCUT2D eigenvalue weighted by Gasteiger charge is -2.32. The molecular weight excluding hydrogens is 1650 g/mol. The number of methoxy groups -OCH3 is 4. The van der Waals surface area contributed by atoms with Crippen LogP contribution in [0.3, 0.4) is 0 Å². The summed E-state index contributed by atoms with van der Waals surface area (Å²) in [6.07, 6.45) is 2.50. The molecule has 0 spiro atoms. The number of aliphatic hydroxyl groups excluding tert-OH is 2. The average Bonchev–Trinajstić information content (AvgIpc) is 1.56. The van der Waals surface area contributed by atoms with Crippen molar-refractivity contribution in [1.29, 1.82) is 0 Å². The molecule has 0 saturated carbocycles. The highest BCUT2D eigenvalue weighted by Gasteiger charge is 2.42. The van der Waals surface area contributed by atoms with E-state index in [2.05, 4.69) is 94.1 Å². The minimum Gasteiger partial charge on any atom is -0.396 e. The van der Waals surface area contributed by atoms with Crippen molar-refractivity contribution in [3.63, 3.8) is 0 Å². The Morgan fingerprint density at radius 3 is 0.559 bits per heavy atom. The molecule has 0 atom stereocenters. The zero-order valence-corrected chi connectivity index (χ0v) is 76.6. The van der Waals surface area contributed by atoms with Crippen LogP contribution in [0.5, 0.6) is 0 Å². The highest BCUT2D eigenvalue weighted by atomic mass is 16.6. The van der Waals surface area contributed by atoms with Crippen LogP contribution in [-0.4, -0.2) is 422 Å². The van der Waals surface area contributed by atoms with Crippen molar-refractivity contribution in [2.75, 3.05) is 421 Å². The average molecular weight is 1800 g/mol. The molecule has 32 nitrogen and oxygen atoms in total. The van der Waals surface area contributed by atoms with Crippen LogP contribution in [0.25, 0.3) is 11.1 Å². The lowest BCUT2D eigenvalue weighted by Crippen LogP contribution is -2.31. The van der Waals surface area contributed by atoms with Crippen molar-refractivity contribution in [1.82, 2.24) is 0 Å². The summed E-state index contributed by atoms with van der Waals surface area (Å²) in [5.41, 5.74) is 9.47. The van der Waals surface area contributed by atoms with Gasteiger partial charge in [0.25, 0.3) is 0 Å². The standard InChI is InChI=1S/C95H152N2O30/c1-100-35-39-108-51-55-116-67-71-124-79-75-120-63-59-112-47-43-104-31-25-96(26-32-105-44-48-113-60-64-121-76-80-125-72-68-117-56-52-109-40-36-101-2)89-17-11-85(12-18-89)7-9-87-15-21-91-92-22-16-88(84-94(92)95(23-5-29-98,24-6-30-99)93(91)83-87)10-8-86-13-19-90(20-14-86)97(27-33-106-45-49-114-61-65-122-77-81-126-73-69-118-57-53-110-41-37-102-3)28-34-107-46-50-115-62-66-123-78-82-127-74-70-119-58-54-111-42-38-103-4/h11-22,83-84,98-99H,5-6,23-82H2,1-4H3. The fourth-order valence-electron chi connectivity index (χ4n) is 12.7. The molecule has 127 heavy (non-hydrogen) atoms. The van der Waals surface area contributed by atoms with E-state index in [1.54, 1.807) is 28.4 Å². The summed E-state index contributed by atoms with van der Waals surface area (Å²) < 4.78 is 156. The summed E-state index contributed by atoms with van der Waals surface area (Å²) >= 11 is 0. The van der Waals surface area contributed by atoms with E-state index in [0.717, 1.165) is 55.9 Å². The highest BCUT2D eigenvalue weighted by Crippen LogP contribution is 2.54. The molecule has 4 aromatic rings. The molecule has 0 fully saturated rings. The SMILES string of the molecule is COCCOCCOCCOCCOCCOCCOCCN(CCOCCOCCOCCOCCOCCOCCOC)c1ccc(C#Cc2ccc3c(c2)C(CCCO)(CCCO)c2cc(C#Cc4ccc(N(CCOCCOCCOCCOCCOCCOCCOC)CCOCCOCCOCCOCCOCCOCCOC)cc4)ccc2-3)cc1. The third-order valence-corrected chi connectivity index (χ3v) is 19.2. The summed E-state index contributed by atoms with van der Waals surface area (Å²) in [5.74, 6) is 13.9. The molecule has 5 rings (SSSR count). The van der Waals surface area contributed by atoms with E-state index in [1.165, 1.54) is 0 Å². The first-order valence-corrected chi connectivity index (χ1v) is 45.1. The number of hydrogen-bond donors (Lipinski definition) is 2. The molecule has 0 aliphatic heterocycles. The van der Waals surface area contributed by atoms with Crippen LogP contribution in [0, 0.1) is 23.7 Å². The molecule has 32 heteroatoms. The first-order chi connectivity index (χ1) is 63.0. The van der Waals surface area contributed by atoms with Crippen LogP contribution < -0.4 is 9.80 Å². The number of benzene rings is 4. The monoisotopic (exact) mass is 1800 g/mol. The second-order valence-corrected chi connectivity index (χ2v) is 28.5. The Balaban J connectivity index is 1.15. The molecule has 0 radical (unpaired) electrons. The molecule has 0 heterocycles. The maximum Gasteiger partial charge on any atom is 0.0701 e. The summed E-state index contributed by atoms with van der Waals surface area (Å²) in [5, 5.41) is 20.9. The van der Waals surface area contributed by atoms with Gasteiger partial charge in [-0.1, -0.05) is 35.8 Å². The lowest BCUT2D eigenvalue weighted by atomic mass is 9.71. The van der Waals surface area contributed by atoms with Crippen molar-refractivity contribution >= 4 is 11.4 Å². The molecule has 0 saturated heterocycles. The number of fused-ring (bicyclic) bond motifs is 3. The summed E-state index contributed by atoms with van der Waals surface area (Å²) in [4.78, 5) is 4.48. The van der Waals surface area contributed by atoms with E-state index >= 15 is 0 Å². The largest absolute Gasteiger partial charge is 0.396 e. The second-order valence-electron chi connectivity index (χ2n) is 28.5. The number of aliphatic hydroxyl groups is 2. The second kappa shape index (κ2) is 82.3. The minimum absolute atomic E-state index is 0.0303. The van der Waals surface area contributed by atoms with Gasteiger partial charge < -0.3 is 153 Å². The molecular formula is C95H152N2O30. The zero-order valence-electron chi connectivity index (χ0n) is 76.6. The molecule has 1 aliphatic rings. The lowest BCUT2D eigenvalue weighted by molar-refractivity contribution is -0.0192. The van der Waals surface area contributed by atoms with Gasteiger partial charge in [0.05, 0.1) is 344 Å². The van der Waals surface area contributed by atoms with Gasteiger partial charge >= 0.3 is 0 Å². The van der Waals surface area contributed by atoms with Gasteiger partial charge in [-0.2, -0.15) is 0 Å². The molecule has 2 N–H and O–H groups in total. The Bertz CT molecular complexity index is 2980. The van der Waals surface area contributed by atoms with Crippen LogP contribution in [0.2, 0.25) is 0 Å². The molecule has 0 amide bonds. The van der Waals surface area contributed by atoms with Gasteiger partial charge in [0.1, 0.15) is 0 Å². The Morgan fingerprint density at radius 2 is 0.378 bits per heavy atom. The van der Waals surface area contributed by atoms with Gasteiger partial charge in [-0.05, 0) is 121 Å². The summed E-state index contributed by atoms with van der Waals surface area (Å²) in [6.45, 7) is 27.8. The van der Waals surface area contributed by atoms with E-state index < -0.39 is 5.41 Å². The predicted molar refractivity (Wildman–Crippen MR) is 482 cm³/mol. The van der Waals surface area contributed by atoms with Crippen LogP contribution in [0.4, 0.5) is 11.4 Å². The fourth-order valence-corrected chi connectivity index (χ4v) is 12.7. The van der Waals surface area contributed by atoms with Crippen molar-refractivity contribution in [2.24, 2.45) is 0 Å². The van der Waals surface area contributed by atoms with E-state index in [4.69, 9.17) is 133 Å². The van der Waals surface area contributed by atoms with E-state index in [9.17, 15) is 10.2 Å². The third-order valence-electron chi connectivity index (χ3n) is 19.2. The number of nitrogens with zero attached hydrogens (tertiary/aromatic N) is 2. The first-order valence-electron chi connectivity index (χ1n) is 45.1. The number of anilines is 2. The summed E-state index contributed by atoms with van der Waals surface area (Å²) in [7, 11) is 6.58. The van der Waals surface area contributed by atoms with Gasteiger partial charge in [0.15, 0.2) is 0 Å². The molecule has 0 unspecified atom stereocenters. The third kappa shape index (κ3) is 56.8. The van der Waals surface area contributed by atoms with Crippen LogP contribution >= 0.6 is 0 Å². The van der Waals surface area contributed by atoms with E-state index in [-0.39, 0.29) is 13.2 Å². The van der Waals surface area contributed by atoms with E-state index in [0.29, 0.717) is 395 Å². The highest BCUT2D eigenvalue weighted by molar-refractivity contribution is 5.82. The van der Waals surface area contributed by atoms with Crippen molar-refractivity contribution in [2.45, 2.75) is 31.1 Å². The van der Waals surface area contributed by atoms with Crippen LogP contribution in [0.1, 0.15) is 59.1 Å². The van der Waals surface area contributed by atoms with Crippen molar-refractivity contribution in [3.05, 3.63) is 118 Å². The van der Waals surface area contributed by atoms with Crippen LogP contribution in [-0.2, 0) is 138 Å². The number of hydrogen-bond acceptors (Lipinski definition) is 32. The zero-order chi connectivity index (χ0) is 89.8. The molecule has 0 bridgehead atoms.